The van der Waals surface area contributed by atoms with Crippen molar-refractivity contribution in [1.82, 2.24) is 0 Å². The van der Waals surface area contributed by atoms with Gasteiger partial charge in [-0.1, -0.05) is 17.7 Å². The average molecular weight is 389 g/mol. The summed E-state index contributed by atoms with van der Waals surface area (Å²) >= 11 is 9.50. The van der Waals surface area contributed by atoms with Crippen molar-refractivity contribution in [2.75, 3.05) is 11.8 Å². The van der Waals surface area contributed by atoms with Gasteiger partial charge in [-0.05, 0) is 59.1 Å². The molecule has 0 radical (unpaired) electrons. The molecule has 0 aliphatic carbocycles. The number of methoxy groups -OCH3 is 1. The minimum atomic E-state index is -1.46. The van der Waals surface area contributed by atoms with E-state index in [2.05, 4.69) is 20.7 Å². The molecule has 0 spiro atoms. The molecular formula is C15H15BrClNO2S. The molecule has 2 aromatic rings. The van der Waals surface area contributed by atoms with Crippen molar-refractivity contribution in [2.45, 2.75) is 18.7 Å². The third-order valence-electron chi connectivity index (χ3n) is 3.12. The van der Waals surface area contributed by atoms with Gasteiger partial charge in [-0.15, -0.1) is 0 Å². The van der Waals surface area contributed by atoms with Gasteiger partial charge in [-0.25, -0.2) is 4.21 Å². The third-order valence-corrected chi connectivity index (χ3v) is 5.33. The Labute approximate surface area is 140 Å². The number of aryl methyl sites for hydroxylation is 2. The normalized spacial score (nSPS) is 12.0. The minimum Gasteiger partial charge on any atom is -0.496 e. The summed E-state index contributed by atoms with van der Waals surface area (Å²) in [6.45, 7) is 4.05. The number of anilines is 1. The van der Waals surface area contributed by atoms with Gasteiger partial charge in [0.25, 0.3) is 0 Å². The van der Waals surface area contributed by atoms with Gasteiger partial charge in [0, 0.05) is 11.8 Å². The summed E-state index contributed by atoms with van der Waals surface area (Å²) in [6.07, 6.45) is 0. The zero-order valence-corrected chi connectivity index (χ0v) is 15.0. The van der Waals surface area contributed by atoms with Crippen LogP contribution in [-0.2, 0) is 11.0 Å². The molecule has 0 heterocycles. The summed E-state index contributed by atoms with van der Waals surface area (Å²) in [7, 11) is 0.0893. The van der Waals surface area contributed by atoms with Gasteiger partial charge < -0.3 is 9.46 Å². The number of nitrogens with one attached hydrogen (secondary N) is 1. The van der Waals surface area contributed by atoms with E-state index in [9.17, 15) is 4.21 Å². The standard InChI is InChI=1S/C15H15BrClNO2S/c1-9-4-5-11(6-10(9)2)18-21(19)15-8-14(20-3)12(16)7-13(15)17/h4-8,18H,1-3H3. The zero-order chi connectivity index (χ0) is 15.6. The van der Waals surface area contributed by atoms with E-state index >= 15 is 0 Å². The molecule has 0 aliphatic heterocycles. The highest BCUT2D eigenvalue weighted by Crippen LogP contribution is 2.33. The van der Waals surface area contributed by atoms with Gasteiger partial charge in [0.15, 0.2) is 11.0 Å². The van der Waals surface area contributed by atoms with E-state index in [4.69, 9.17) is 16.3 Å². The highest BCUT2D eigenvalue weighted by Gasteiger charge is 2.13. The first-order chi connectivity index (χ1) is 9.92. The minimum absolute atomic E-state index is 0.414. The topological polar surface area (TPSA) is 38.3 Å². The molecule has 6 heteroatoms. The summed E-state index contributed by atoms with van der Waals surface area (Å²) in [6, 6.07) is 9.17. The Morgan fingerprint density at radius 1 is 1.19 bits per heavy atom. The van der Waals surface area contributed by atoms with Crippen molar-refractivity contribution in [3.63, 3.8) is 0 Å². The van der Waals surface area contributed by atoms with Gasteiger partial charge in [-0.2, -0.15) is 0 Å². The van der Waals surface area contributed by atoms with E-state index in [1.807, 2.05) is 32.0 Å². The van der Waals surface area contributed by atoms with Crippen LogP contribution in [0.4, 0.5) is 5.69 Å². The first kappa shape index (κ1) is 16.3. The molecule has 3 nitrogen and oxygen atoms in total. The van der Waals surface area contributed by atoms with Crippen molar-refractivity contribution in [3.8, 4) is 5.75 Å². The summed E-state index contributed by atoms with van der Waals surface area (Å²) in [5.41, 5.74) is 3.11. The smallest absolute Gasteiger partial charge is 0.151 e. The van der Waals surface area contributed by atoms with Gasteiger partial charge >= 0.3 is 0 Å². The second-order valence-corrected chi connectivity index (χ2v) is 7.03. The number of benzene rings is 2. The maximum atomic E-state index is 12.5. The first-order valence-electron chi connectivity index (χ1n) is 6.21. The van der Waals surface area contributed by atoms with E-state index in [1.54, 1.807) is 19.2 Å². The molecule has 0 aromatic heterocycles. The van der Waals surface area contributed by atoms with E-state index < -0.39 is 11.0 Å². The molecule has 0 fully saturated rings. The Morgan fingerprint density at radius 2 is 1.90 bits per heavy atom. The fourth-order valence-corrected chi connectivity index (χ4v) is 3.69. The van der Waals surface area contributed by atoms with Gasteiger partial charge in [0.05, 0.1) is 21.5 Å². The van der Waals surface area contributed by atoms with Crippen LogP contribution in [0.1, 0.15) is 11.1 Å². The quantitative estimate of drug-likeness (QED) is 0.812. The van der Waals surface area contributed by atoms with Crippen LogP contribution in [0.5, 0.6) is 5.75 Å². The van der Waals surface area contributed by atoms with Gasteiger partial charge in [0.2, 0.25) is 0 Å². The number of halogens is 2. The molecule has 2 aromatic carbocycles. The van der Waals surface area contributed by atoms with Crippen molar-refractivity contribution >= 4 is 44.2 Å². The summed E-state index contributed by atoms with van der Waals surface area (Å²) in [5.74, 6) is 0.588. The maximum Gasteiger partial charge on any atom is 0.151 e. The summed E-state index contributed by atoms with van der Waals surface area (Å²) < 4.78 is 21.3. The molecule has 0 bridgehead atoms. The second-order valence-electron chi connectivity index (χ2n) is 4.59. The van der Waals surface area contributed by atoms with Gasteiger partial charge in [0.1, 0.15) is 5.75 Å². The number of hydrogen-bond acceptors (Lipinski definition) is 2. The van der Waals surface area contributed by atoms with Crippen LogP contribution in [0.25, 0.3) is 0 Å². The molecule has 0 saturated heterocycles. The fraction of sp³-hybridized carbons (Fsp3) is 0.200. The fourth-order valence-electron chi connectivity index (χ4n) is 1.78. The number of ether oxygens (including phenoxy) is 1. The molecule has 0 aliphatic rings. The summed E-state index contributed by atoms with van der Waals surface area (Å²) in [4.78, 5) is 0.481. The molecule has 1 atom stereocenters. The molecule has 1 unspecified atom stereocenters. The summed E-state index contributed by atoms with van der Waals surface area (Å²) in [5, 5.41) is 0.414. The molecule has 1 N–H and O–H groups in total. The first-order valence-corrected chi connectivity index (χ1v) is 8.53. The zero-order valence-electron chi connectivity index (χ0n) is 11.9. The van der Waals surface area contributed by atoms with E-state index in [0.29, 0.717) is 15.7 Å². The lowest BCUT2D eigenvalue weighted by Crippen LogP contribution is -2.06. The van der Waals surface area contributed by atoms with Crippen LogP contribution in [0.2, 0.25) is 5.02 Å². The third kappa shape index (κ3) is 3.78. The van der Waals surface area contributed by atoms with Crippen molar-refractivity contribution in [3.05, 3.63) is 51.0 Å². The van der Waals surface area contributed by atoms with Crippen LogP contribution in [0.15, 0.2) is 39.7 Å². The Kier molecular flexibility index (Phi) is 5.30. The van der Waals surface area contributed by atoms with Gasteiger partial charge in [-0.3, -0.25) is 0 Å². The van der Waals surface area contributed by atoms with E-state index in [-0.39, 0.29) is 0 Å². The molecule has 2 rings (SSSR count). The van der Waals surface area contributed by atoms with Crippen LogP contribution in [-0.4, -0.2) is 11.3 Å². The largest absolute Gasteiger partial charge is 0.496 e. The van der Waals surface area contributed by atoms with Crippen LogP contribution in [0, 0.1) is 13.8 Å². The van der Waals surface area contributed by atoms with E-state index in [0.717, 1.165) is 15.7 Å². The SMILES string of the molecule is COc1cc(S(=O)Nc2ccc(C)c(C)c2)c(Cl)cc1Br. The molecule has 0 saturated carbocycles. The Bertz CT molecular complexity index is 706. The molecule has 0 amide bonds. The van der Waals surface area contributed by atoms with Crippen LogP contribution < -0.4 is 9.46 Å². The molecule has 21 heavy (non-hydrogen) atoms. The lowest BCUT2D eigenvalue weighted by atomic mass is 10.1. The van der Waals surface area contributed by atoms with Crippen molar-refractivity contribution in [2.24, 2.45) is 0 Å². The lowest BCUT2D eigenvalue weighted by molar-refractivity contribution is 0.411. The number of hydrogen-bond donors (Lipinski definition) is 1. The predicted molar refractivity (Wildman–Crippen MR) is 91.7 cm³/mol. The predicted octanol–water partition coefficient (Wildman–Crippen LogP) is 4.86. The number of rotatable bonds is 4. The average Bonchev–Trinajstić information content (AvgIpc) is 2.43. The Balaban J connectivity index is 2.29. The maximum absolute atomic E-state index is 12.5. The van der Waals surface area contributed by atoms with Crippen LogP contribution in [0.3, 0.4) is 0 Å². The molecular weight excluding hydrogens is 374 g/mol. The van der Waals surface area contributed by atoms with Crippen molar-refractivity contribution < 1.29 is 8.95 Å². The highest BCUT2D eigenvalue weighted by atomic mass is 79.9. The Hall–Kier alpha value is -1.04. The Morgan fingerprint density at radius 3 is 2.52 bits per heavy atom. The highest BCUT2D eigenvalue weighted by molar-refractivity contribution is 9.10. The second kappa shape index (κ2) is 6.81. The van der Waals surface area contributed by atoms with Crippen molar-refractivity contribution in [1.29, 1.82) is 0 Å². The monoisotopic (exact) mass is 387 g/mol. The van der Waals surface area contributed by atoms with Crippen LogP contribution >= 0.6 is 27.5 Å². The molecule has 112 valence electrons. The lowest BCUT2D eigenvalue weighted by Gasteiger charge is -2.11. The van der Waals surface area contributed by atoms with E-state index in [1.165, 1.54) is 5.56 Å².